The molecule has 5 atom stereocenters. The maximum absolute atomic E-state index is 12.3. The molecule has 2 fully saturated rings. The number of aliphatic hydroxyl groups excluding tert-OH is 1. The lowest BCUT2D eigenvalue weighted by Crippen LogP contribution is -2.64. The molecular formula is C21H23N2O4S3+. The van der Waals surface area contributed by atoms with Gasteiger partial charge in [-0.3, -0.25) is 4.79 Å². The molecule has 30 heavy (non-hydrogen) atoms. The second-order valence-electron chi connectivity index (χ2n) is 7.36. The number of rotatable bonds is 7. The molecule has 0 saturated carbocycles. The van der Waals surface area contributed by atoms with Gasteiger partial charge < -0.3 is 15.1 Å². The summed E-state index contributed by atoms with van der Waals surface area (Å²) in [5.74, 6) is -1.78. The molecular weight excluding hydrogens is 440 g/mol. The summed E-state index contributed by atoms with van der Waals surface area (Å²) in [5, 5.41) is 19.3. The Hall–Kier alpha value is -1.68. The van der Waals surface area contributed by atoms with Crippen LogP contribution >= 0.6 is 35.3 Å². The number of hydrogen-bond donors (Lipinski definition) is 2. The number of benzene rings is 1. The number of thioether (sulfide) groups is 3. The van der Waals surface area contributed by atoms with E-state index in [4.69, 9.17) is 0 Å². The predicted octanol–water partition coefficient (Wildman–Crippen LogP) is 2.53. The summed E-state index contributed by atoms with van der Waals surface area (Å²) in [6.07, 6.45) is 5.39. The fourth-order valence-electron chi connectivity index (χ4n) is 3.77. The van der Waals surface area contributed by atoms with Crippen LogP contribution in [0, 0.1) is 5.92 Å². The average molecular weight is 464 g/mol. The first kappa shape index (κ1) is 21.5. The van der Waals surface area contributed by atoms with Crippen LogP contribution in [-0.2, 0) is 16.1 Å². The van der Waals surface area contributed by atoms with Gasteiger partial charge in [-0.25, -0.2) is 9.36 Å². The van der Waals surface area contributed by atoms with Crippen LogP contribution in [0.4, 0.5) is 0 Å². The maximum Gasteiger partial charge on any atom is 0.328 e. The minimum atomic E-state index is -0.999. The number of fused-ring (bicyclic) bond motifs is 1. The van der Waals surface area contributed by atoms with Crippen LogP contribution in [0.3, 0.4) is 0 Å². The number of pyridine rings is 1. The zero-order valence-corrected chi connectivity index (χ0v) is 19.0. The summed E-state index contributed by atoms with van der Waals surface area (Å²) < 4.78 is 1.81. The van der Waals surface area contributed by atoms with Gasteiger partial charge in [-0.15, -0.1) is 35.3 Å². The van der Waals surface area contributed by atoms with Crippen LogP contribution in [0.15, 0.2) is 58.6 Å². The Kier molecular flexibility index (Phi) is 6.34. The highest BCUT2D eigenvalue weighted by Gasteiger charge is 2.62. The lowest BCUT2D eigenvalue weighted by Gasteiger charge is -2.44. The largest absolute Gasteiger partial charge is 0.480 e. The van der Waals surface area contributed by atoms with Gasteiger partial charge in [-0.05, 0) is 25.3 Å². The van der Waals surface area contributed by atoms with Gasteiger partial charge in [-0.2, -0.15) is 0 Å². The monoisotopic (exact) mass is 463 g/mol. The third-order valence-electron chi connectivity index (χ3n) is 5.36. The first-order chi connectivity index (χ1) is 14.4. The Morgan fingerprint density at radius 1 is 1.20 bits per heavy atom. The topological polar surface area (TPSA) is 81.7 Å². The summed E-state index contributed by atoms with van der Waals surface area (Å²) in [7, 11) is 0. The van der Waals surface area contributed by atoms with Gasteiger partial charge in [0.1, 0.15) is 0 Å². The van der Waals surface area contributed by atoms with E-state index in [-0.39, 0.29) is 15.9 Å². The number of nitrogens with zero attached hydrogens (tertiary/aromatic N) is 2. The summed E-state index contributed by atoms with van der Waals surface area (Å²) in [6, 6.07) is 11.4. The molecule has 1 aromatic heterocycles. The zero-order valence-electron chi connectivity index (χ0n) is 16.5. The Bertz CT molecular complexity index is 936. The van der Waals surface area contributed by atoms with Crippen molar-refractivity contribution in [1.82, 2.24) is 4.90 Å². The van der Waals surface area contributed by atoms with Crippen molar-refractivity contribution in [3.63, 3.8) is 0 Å². The maximum atomic E-state index is 12.3. The van der Waals surface area contributed by atoms with Crippen molar-refractivity contribution >= 4 is 47.2 Å². The summed E-state index contributed by atoms with van der Waals surface area (Å²) >= 11 is 4.64. The molecule has 0 radical (unpaired) electrons. The molecule has 2 aromatic rings. The van der Waals surface area contributed by atoms with E-state index < -0.39 is 24.0 Å². The SMILES string of the molecule is CSc1cc[n+](Cc2ccc(SC3S[C@@H]4[C@@H]([C@@H](C)O)C(=O)N4C3C(=O)O)cc2)cc1. The van der Waals surface area contributed by atoms with E-state index in [1.165, 1.54) is 33.3 Å². The molecule has 2 aliphatic rings. The Morgan fingerprint density at radius 3 is 2.43 bits per heavy atom. The van der Waals surface area contributed by atoms with Crippen LogP contribution in [0.1, 0.15) is 12.5 Å². The molecule has 2 saturated heterocycles. The van der Waals surface area contributed by atoms with Gasteiger partial charge >= 0.3 is 5.97 Å². The van der Waals surface area contributed by atoms with E-state index in [0.29, 0.717) is 0 Å². The van der Waals surface area contributed by atoms with Crippen LogP contribution in [0.2, 0.25) is 0 Å². The van der Waals surface area contributed by atoms with Crippen LogP contribution < -0.4 is 4.57 Å². The van der Waals surface area contributed by atoms with E-state index in [9.17, 15) is 19.8 Å². The number of carbonyl (C=O) groups excluding carboxylic acids is 1. The van der Waals surface area contributed by atoms with E-state index in [0.717, 1.165) is 17.0 Å². The number of hydrogen-bond acceptors (Lipinski definition) is 6. The number of aliphatic carboxylic acids is 1. The summed E-state index contributed by atoms with van der Waals surface area (Å²) in [4.78, 5) is 27.8. The second kappa shape index (κ2) is 8.82. The van der Waals surface area contributed by atoms with Crippen molar-refractivity contribution in [2.75, 3.05) is 6.26 Å². The molecule has 0 bridgehead atoms. The number of aromatic nitrogens is 1. The summed E-state index contributed by atoms with van der Waals surface area (Å²) in [6.45, 7) is 2.35. The van der Waals surface area contributed by atoms with E-state index in [1.54, 1.807) is 18.7 Å². The third kappa shape index (κ3) is 4.08. The molecule has 2 unspecified atom stereocenters. The summed E-state index contributed by atoms with van der Waals surface area (Å²) in [5.41, 5.74) is 1.16. The highest BCUT2D eigenvalue weighted by atomic mass is 32.2. The minimum Gasteiger partial charge on any atom is -0.480 e. The Labute approximate surface area is 188 Å². The third-order valence-corrected chi connectivity index (χ3v) is 9.09. The highest BCUT2D eigenvalue weighted by Crippen LogP contribution is 2.53. The van der Waals surface area contributed by atoms with Crippen molar-refractivity contribution in [3.8, 4) is 0 Å². The van der Waals surface area contributed by atoms with Gasteiger partial charge in [0.05, 0.1) is 22.0 Å². The minimum absolute atomic E-state index is 0.266. The normalized spacial score (nSPS) is 26.2. The van der Waals surface area contributed by atoms with Crippen molar-refractivity contribution in [2.45, 2.75) is 45.4 Å². The molecule has 158 valence electrons. The van der Waals surface area contributed by atoms with E-state index in [2.05, 4.69) is 35.3 Å². The number of amides is 1. The quantitative estimate of drug-likeness (QED) is 0.371. The smallest absolute Gasteiger partial charge is 0.328 e. The molecule has 1 aromatic carbocycles. The molecule has 3 heterocycles. The number of β-lactam (4-membered cyclic amide) rings is 1. The lowest BCUT2D eigenvalue weighted by molar-refractivity contribution is -0.688. The fourth-order valence-corrected chi connectivity index (χ4v) is 7.55. The fraction of sp³-hybridized carbons (Fsp3) is 0.381. The standard InChI is InChI=1S/C21H22N2O4S3/c1-12(24)16-18(25)23-17(20(26)27)21(30-19(16)23)29-15-5-3-13(4-6-15)11-22-9-7-14(28-2)8-10-22/h3-10,12,16-17,19,21,24H,11H2,1-2H3/p+1/t12-,16+,17?,19-,21?/m1/s1. The molecule has 4 rings (SSSR count). The molecule has 0 aliphatic carbocycles. The lowest BCUT2D eigenvalue weighted by atomic mass is 9.91. The first-order valence-electron chi connectivity index (χ1n) is 9.56. The Balaban J connectivity index is 1.43. The van der Waals surface area contributed by atoms with Crippen LogP contribution in [-0.4, -0.2) is 55.3 Å². The van der Waals surface area contributed by atoms with Crippen LogP contribution in [0.25, 0.3) is 0 Å². The number of aliphatic hydroxyl groups is 1. The van der Waals surface area contributed by atoms with Gasteiger partial charge in [0.15, 0.2) is 25.0 Å². The van der Waals surface area contributed by atoms with Crippen molar-refractivity contribution in [2.24, 2.45) is 5.92 Å². The molecule has 9 heteroatoms. The van der Waals surface area contributed by atoms with E-state index >= 15 is 0 Å². The average Bonchev–Trinajstić information content (AvgIpc) is 3.04. The number of carboxylic acid groups (broad SMARTS) is 1. The van der Waals surface area contributed by atoms with Gasteiger partial charge in [-0.1, -0.05) is 12.1 Å². The van der Waals surface area contributed by atoms with Gasteiger partial charge in [0.25, 0.3) is 0 Å². The molecule has 2 N–H and O–H groups in total. The van der Waals surface area contributed by atoms with E-state index in [1.807, 2.05) is 24.3 Å². The van der Waals surface area contributed by atoms with Gasteiger partial charge in [0, 0.05) is 27.5 Å². The number of carboxylic acids is 1. The number of carbonyl (C=O) groups is 2. The van der Waals surface area contributed by atoms with Crippen LogP contribution in [0.5, 0.6) is 0 Å². The van der Waals surface area contributed by atoms with Crippen molar-refractivity contribution in [1.29, 1.82) is 0 Å². The first-order valence-corrected chi connectivity index (χ1v) is 12.6. The molecule has 0 spiro atoms. The second-order valence-corrected chi connectivity index (χ2v) is 11.0. The Morgan fingerprint density at radius 2 is 1.87 bits per heavy atom. The predicted molar refractivity (Wildman–Crippen MR) is 118 cm³/mol. The molecule has 6 nitrogen and oxygen atoms in total. The molecule has 2 aliphatic heterocycles. The molecule has 1 amide bonds. The van der Waals surface area contributed by atoms with Crippen molar-refractivity contribution < 1.29 is 24.4 Å². The van der Waals surface area contributed by atoms with Crippen molar-refractivity contribution in [3.05, 3.63) is 54.4 Å². The highest BCUT2D eigenvalue weighted by molar-refractivity contribution is 8.17. The zero-order chi connectivity index (χ0) is 21.4. The van der Waals surface area contributed by atoms with Gasteiger partial charge in [0.2, 0.25) is 5.91 Å².